The van der Waals surface area contributed by atoms with Gasteiger partial charge in [0, 0.05) is 12.5 Å². The summed E-state index contributed by atoms with van der Waals surface area (Å²) in [4.78, 5) is 13.1. The van der Waals surface area contributed by atoms with Crippen LogP contribution in [0.4, 0.5) is 0 Å². The van der Waals surface area contributed by atoms with Gasteiger partial charge in [0.2, 0.25) is 6.29 Å². The first kappa shape index (κ1) is 34.8. The van der Waals surface area contributed by atoms with Crippen molar-refractivity contribution in [2.75, 3.05) is 13.2 Å². The van der Waals surface area contributed by atoms with Gasteiger partial charge < -0.3 is 74.4 Å². The molecule has 4 aliphatic rings. The van der Waals surface area contributed by atoms with Crippen molar-refractivity contribution in [2.45, 2.75) is 98.4 Å². The molecule has 0 radical (unpaired) electrons. The number of carbonyl (C=O) groups is 1. The van der Waals surface area contributed by atoms with Crippen molar-refractivity contribution in [3.8, 4) is 0 Å². The molecule has 16 heteroatoms. The number of aliphatic hydroxyl groups is 9. The molecular formula is C30H40O16. The number of rotatable bonds is 9. The van der Waals surface area contributed by atoms with E-state index in [1.165, 1.54) is 25.2 Å². The van der Waals surface area contributed by atoms with E-state index in [4.69, 9.17) is 28.4 Å². The zero-order chi connectivity index (χ0) is 33.4. The topological polar surface area (TPSA) is 255 Å². The van der Waals surface area contributed by atoms with Crippen molar-refractivity contribution in [2.24, 2.45) is 5.92 Å². The van der Waals surface area contributed by atoms with Crippen LogP contribution in [-0.4, -0.2) is 150 Å². The van der Waals surface area contributed by atoms with E-state index >= 15 is 0 Å². The minimum atomic E-state index is -2.12. The second-order valence-corrected chi connectivity index (χ2v) is 12.0. The van der Waals surface area contributed by atoms with Crippen LogP contribution in [0.5, 0.6) is 0 Å². The highest BCUT2D eigenvalue weighted by Crippen LogP contribution is 2.53. The molecule has 1 saturated carbocycles. The minimum Gasteiger partial charge on any atom is -0.472 e. The van der Waals surface area contributed by atoms with Gasteiger partial charge in [-0.1, -0.05) is 30.3 Å². The summed E-state index contributed by atoms with van der Waals surface area (Å²) >= 11 is 0. The van der Waals surface area contributed by atoms with Gasteiger partial charge >= 0.3 is 5.97 Å². The van der Waals surface area contributed by atoms with Crippen LogP contribution in [0.1, 0.15) is 18.9 Å². The summed E-state index contributed by atoms with van der Waals surface area (Å²) in [5, 5.41) is 93.5. The SMILES string of the molecule is C[C@]1(OC(=O)C=Cc2ccccc2)C[C@H](O[C@@H]2O[C@@H](CO)[C@H](O)[C@H](O)[C@H]2O)[C@]2(O)C=CO[C@H](O[C@@H]3O[C@@H](CO)[C@H](O)[C@@H](O)[C@@H]3O)[C@@H]21. The Balaban J connectivity index is 1.44. The number of ether oxygens (including phenoxy) is 6. The summed E-state index contributed by atoms with van der Waals surface area (Å²) in [6.07, 6.45) is -14.8. The van der Waals surface area contributed by atoms with E-state index in [0.717, 1.165) is 6.26 Å². The molecule has 0 aromatic heterocycles. The number of hydrogen-bond acceptors (Lipinski definition) is 16. The molecule has 0 bridgehead atoms. The van der Waals surface area contributed by atoms with Crippen molar-refractivity contribution in [3.63, 3.8) is 0 Å². The molecule has 1 aromatic carbocycles. The van der Waals surface area contributed by atoms with Crippen molar-refractivity contribution in [3.05, 3.63) is 54.3 Å². The number of hydrogen-bond donors (Lipinski definition) is 9. The van der Waals surface area contributed by atoms with Gasteiger partial charge in [-0.25, -0.2) is 4.79 Å². The Hall–Kier alpha value is -2.55. The van der Waals surface area contributed by atoms with Gasteiger partial charge in [-0.2, -0.15) is 0 Å². The summed E-state index contributed by atoms with van der Waals surface area (Å²) in [7, 11) is 0. The lowest BCUT2D eigenvalue weighted by atomic mass is 9.81. The zero-order valence-electron chi connectivity index (χ0n) is 24.7. The highest BCUT2D eigenvalue weighted by atomic mass is 16.8. The maximum absolute atomic E-state index is 13.1. The fourth-order valence-corrected chi connectivity index (χ4v) is 6.39. The molecule has 16 nitrogen and oxygen atoms in total. The van der Waals surface area contributed by atoms with Crippen LogP contribution in [0, 0.1) is 5.92 Å². The van der Waals surface area contributed by atoms with Crippen molar-refractivity contribution in [1.29, 1.82) is 0 Å². The van der Waals surface area contributed by atoms with Gasteiger partial charge in [-0.3, -0.25) is 0 Å². The van der Waals surface area contributed by atoms with Gasteiger partial charge in [0.05, 0.1) is 31.5 Å². The van der Waals surface area contributed by atoms with E-state index in [1.54, 1.807) is 30.3 Å². The Morgan fingerprint density at radius 1 is 0.848 bits per heavy atom. The minimum absolute atomic E-state index is 0.281. The van der Waals surface area contributed by atoms with E-state index < -0.39 is 110 Å². The first-order valence-electron chi connectivity index (χ1n) is 14.8. The monoisotopic (exact) mass is 656 g/mol. The normalized spacial score (nSPS) is 45.7. The van der Waals surface area contributed by atoms with Crippen molar-refractivity contribution >= 4 is 12.0 Å². The molecule has 1 aromatic rings. The molecule has 9 N–H and O–H groups in total. The summed E-state index contributed by atoms with van der Waals surface area (Å²) in [6.45, 7) is -0.00438. The summed E-state index contributed by atoms with van der Waals surface area (Å²) < 4.78 is 34.3. The van der Waals surface area contributed by atoms with E-state index in [2.05, 4.69) is 0 Å². The van der Waals surface area contributed by atoms with E-state index in [9.17, 15) is 50.8 Å². The van der Waals surface area contributed by atoms with Gasteiger partial charge in [0.1, 0.15) is 60.0 Å². The molecular weight excluding hydrogens is 616 g/mol. The third kappa shape index (κ3) is 6.59. The number of carbonyl (C=O) groups excluding carboxylic acids is 1. The maximum atomic E-state index is 13.1. The number of esters is 1. The van der Waals surface area contributed by atoms with Crippen LogP contribution in [0.3, 0.4) is 0 Å². The molecule has 3 aliphatic heterocycles. The summed E-state index contributed by atoms with van der Waals surface area (Å²) in [6, 6.07) is 8.87. The fourth-order valence-electron chi connectivity index (χ4n) is 6.39. The molecule has 3 fully saturated rings. The molecule has 1 aliphatic carbocycles. The zero-order valence-corrected chi connectivity index (χ0v) is 24.7. The second kappa shape index (κ2) is 13.9. The van der Waals surface area contributed by atoms with Crippen LogP contribution in [-0.2, 0) is 33.2 Å². The molecule has 3 heterocycles. The Bertz CT molecular complexity index is 1240. The van der Waals surface area contributed by atoms with Gasteiger partial charge in [-0.05, 0) is 24.6 Å². The van der Waals surface area contributed by atoms with E-state index in [-0.39, 0.29) is 6.42 Å². The molecule has 5 rings (SSSR count). The number of benzene rings is 1. The lowest BCUT2D eigenvalue weighted by Crippen LogP contribution is -2.63. The standard InChI is InChI=1S/C30H40O16/c1-29(46-18(33)8-7-14-5-3-2-4-6-14)11-17(44-26-23(38)21(36)19(34)15(12-31)42-26)30(40)9-10-41-28(25(29)30)45-27-24(39)22(37)20(35)16(13-32)43-27/h2-10,15-17,19-28,31-32,34-40H,11-13H2,1H3/t15-,16-,17-,19-,20-,21-,22+,23+,24-,25+,26-,27-,28+,29-,30+/m0/s1. The lowest BCUT2D eigenvalue weighted by Gasteiger charge is -2.46. The van der Waals surface area contributed by atoms with Gasteiger partial charge in [0.25, 0.3) is 0 Å². The predicted molar refractivity (Wildman–Crippen MR) is 151 cm³/mol. The Kier molecular flexibility index (Phi) is 10.5. The van der Waals surface area contributed by atoms with Crippen LogP contribution >= 0.6 is 0 Å². The smallest absolute Gasteiger partial charge is 0.331 e. The third-order valence-corrected chi connectivity index (χ3v) is 8.89. The van der Waals surface area contributed by atoms with Crippen molar-refractivity contribution < 1.29 is 79.2 Å². The molecule has 0 spiro atoms. The lowest BCUT2D eigenvalue weighted by molar-refractivity contribution is -0.354. The molecule has 15 atom stereocenters. The molecule has 2 saturated heterocycles. The highest BCUT2D eigenvalue weighted by Gasteiger charge is 2.68. The van der Waals surface area contributed by atoms with Gasteiger partial charge in [0.15, 0.2) is 12.6 Å². The highest BCUT2D eigenvalue weighted by molar-refractivity contribution is 5.87. The molecule has 0 unspecified atom stereocenters. The predicted octanol–water partition coefficient (Wildman–Crippen LogP) is -3.38. The Labute approximate surface area is 263 Å². The Morgan fingerprint density at radius 2 is 1.41 bits per heavy atom. The first-order chi connectivity index (χ1) is 21.8. The average molecular weight is 657 g/mol. The maximum Gasteiger partial charge on any atom is 0.331 e. The van der Waals surface area contributed by atoms with Crippen molar-refractivity contribution in [1.82, 2.24) is 0 Å². The summed E-state index contributed by atoms with van der Waals surface area (Å²) in [5.74, 6) is -2.19. The van der Waals surface area contributed by atoms with Crippen LogP contribution in [0.2, 0.25) is 0 Å². The Morgan fingerprint density at radius 3 is 1.98 bits per heavy atom. The number of fused-ring (bicyclic) bond motifs is 1. The first-order valence-corrected chi connectivity index (χ1v) is 14.8. The third-order valence-electron chi connectivity index (χ3n) is 8.89. The van der Waals surface area contributed by atoms with E-state index in [0.29, 0.717) is 5.56 Å². The fraction of sp³-hybridized carbons (Fsp3) is 0.633. The van der Waals surface area contributed by atoms with Crippen LogP contribution < -0.4 is 0 Å². The molecule has 46 heavy (non-hydrogen) atoms. The number of aliphatic hydroxyl groups excluding tert-OH is 8. The van der Waals surface area contributed by atoms with Crippen LogP contribution in [0.15, 0.2) is 48.7 Å². The average Bonchev–Trinajstić information content (AvgIpc) is 3.26. The summed E-state index contributed by atoms with van der Waals surface area (Å²) in [5.41, 5.74) is -3.10. The van der Waals surface area contributed by atoms with E-state index in [1.807, 2.05) is 0 Å². The second-order valence-electron chi connectivity index (χ2n) is 12.0. The largest absolute Gasteiger partial charge is 0.472 e. The van der Waals surface area contributed by atoms with Gasteiger partial charge in [-0.15, -0.1) is 0 Å². The molecule has 256 valence electrons. The quantitative estimate of drug-likeness (QED) is 0.0928. The van der Waals surface area contributed by atoms with Crippen LogP contribution in [0.25, 0.3) is 6.08 Å². The molecule has 0 amide bonds.